The maximum Gasteiger partial charge on any atom is 0.352 e. The number of hydrogen-bond donors (Lipinski definition) is 3. The summed E-state index contributed by atoms with van der Waals surface area (Å²) in [5, 5.41) is 21.7. The highest BCUT2D eigenvalue weighted by atomic mass is 32.2. The van der Waals surface area contributed by atoms with E-state index in [0.29, 0.717) is 29.4 Å². The molecule has 4 rings (SSSR count). The van der Waals surface area contributed by atoms with Crippen molar-refractivity contribution in [2.75, 3.05) is 24.8 Å². The second-order valence-corrected chi connectivity index (χ2v) is 11.0. The number of carbonyl (C=O) groups is 3. The fraction of sp³-hybridized carbons (Fsp3) is 0.455. The predicted molar refractivity (Wildman–Crippen MR) is 135 cm³/mol. The Hall–Kier alpha value is -2.28. The smallest absolute Gasteiger partial charge is 0.352 e. The van der Waals surface area contributed by atoms with Gasteiger partial charge in [-0.1, -0.05) is 43.0 Å². The molecular weight excluding hydrogens is 496 g/mol. The molecule has 1 unspecified atom stereocenters. The van der Waals surface area contributed by atoms with E-state index in [2.05, 4.69) is 12.2 Å². The first kappa shape index (κ1) is 24.8. The third-order valence-electron chi connectivity index (χ3n) is 5.94. The molecule has 182 valence electrons. The second-order valence-electron chi connectivity index (χ2n) is 8.36. The number of nitrogens with zero attached hydrogens (tertiary/aromatic N) is 3. The highest BCUT2D eigenvalue weighted by Crippen LogP contribution is 2.40. The number of phenols is 1. The third kappa shape index (κ3) is 4.64. The fourth-order valence-electron chi connectivity index (χ4n) is 4.33. The lowest BCUT2D eigenvalue weighted by Crippen LogP contribution is -2.71. The van der Waals surface area contributed by atoms with Gasteiger partial charge in [0, 0.05) is 12.3 Å². The molecule has 0 bridgehead atoms. The zero-order valence-corrected chi connectivity index (χ0v) is 21.2. The number of nitrogens with one attached hydrogen (secondary N) is 1. The minimum absolute atomic E-state index is 0.00508. The summed E-state index contributed by atoms with van der Waals surface area (Å²) in [5.41, 5.74) is 1.32. The molecule has 0 aliphatic carbocycles. The Morgan fingerprint density at radius 3 is 2.65 bits per heavy atom. The van der Waals surface area contributed by atoms with E-state index >= 15 is 0 Å². The number of fused-ring (bicyclic) bond motifs is 1. The summed E-state index contributed by atoms with van der Waals surface area (Å²) >= 11 is 8.40. The first-order valence-corrected chi connectivity index (χ1v) is 13.3. The molecule has 34 heavy (non-hydrogen) atoms. The number of phenolic OH excluding ortho intramolecular Hbond substituents is 1. The van der Waals surface area contributed by atoms with Crippen LogP contribution < -0.4 is 5.32 Å². The van der Waals surface area contributed by atoms with Gasteiger partial charge < -0.3 is 20.4 Å². The van der Waals surface area contributed by atoms with Crippen molar-refractivity contribution in [3.63, 3.8) is 0 Å². The minimum atomic E-state index is -1.14. The quantitative estimate of drug-likeness (QED) is 0.364. The van der Waals surface area contributed by atoms with Crippen LogP contribution in [-0.4, -0.2) is 83.3 Å². The third-order valence-corrected chi connectivity index (χ3v) is 8.94. The SMILES string of the molecule is CCCN1CN([C@H](C(=O)N[C@@H]2C(=O)N3C(C(=O)O)=C(C)CSC23)c2ccc(O)cc2)CSC1=S. The molecule has 1 aromatic carbocycles. The fourth-order valence-corrected chi connectivity index (χ4v) is 6.77. The number of thioether (sulfide) groups is 2. The Morgan fingerprint density at radius 2 is 2.00 bits per heavy atom. The molecular formula is C22H26N4O5S3. The van der Waals surface area contributed by atoms with Gasteiger partial charge in [-0.2, -0.15) is 0 Å². The van der Waals surface area contributed by atoms with Crippen molar-refractivity contribution in [1.82, 2.24) is 20.0 Å². The first-order chi connectivity index (χ1) is 16.2. The lowest BCUT2D eigenvalue weighted by Gasteiger charge is -2.49. The molecule has 2 fully saturated rings. The number of carboxylic acids is 1. The van der Waals surface area contributed by atoms with Crippen LogP contribution in [0.2, 0.25) is 0 Å². The number of carbonyl (C=O) groups excluding carboxylic acids is 2. The zero-order valence-electron chi connectivity index (χ0n) is 18.8. The molecule has 0 spiro atoms. The van der Waals surface area contributed by atoms with Gasteiger partial charge in [-0.15, -0.1) is 11.8 Å². The summed E-state index contributed by atoms with van der Waals surface area (Å²) in [6, 6.07) is 4.94. The Labute approximate surface area is 211 Å². The molecule has 0 radical (unpaired) electrons. The number of aliphatic carboxylic acids is 1. The number of benzene rings is 1. The number of β-lactam (4-membered cyclic amide) rings is 1. The van der Waals surface area contributed by atoms with Crippen LogP contribution in [0.5, 0.6) is 5.75 Å². The Balaban J connectivity index is 1.56. The Bertz CT molecular complexity index is 1050. The predicted octanol–water partition coefficient (Wildman–Crippen LogP) is 2.15. The lowest BCUT2D eigenvalue weighted by molar-refractivity contribution is -0.151. The average Bonchev–Trinajstić information content (AvgIpc) is 2.80. The van der Waals surface area contributed by atoms with Gasteiger partial charge in [0.25, 0.3) is 5.91 Å². The van der Waals surface area contributed by atoms with Gasteiger partial charge >= 0.3 is 5.97 Å². The van der Waals surface area contributed by atoms with Gasteiger partial charge in [-0.3, -0.25) is 19.4 Å². The van der Waals surface area contributed by atoms with Crippen molar-refractivity contribution in [3.05, 3.63) is 41.1 Å². The van der Waals surface area contributed by atoms with Crippen molar-refractivity contribution in [2.45, 2.75) is 37.7 Å². The molecule has 2 saturated heterocycles. The summed E-state index contributed by atoms with van der Waals surface area (Å²) in [7, 11) is 0. The van der Waals surface area contributed by atoms with Crippen LogP contribution in [0.3, 0.4) is 0 Å². The van der Waals surface area contributed by atoms with Gasteiger partial charge in [-0.25, -0.2) is 4.79 Å². The standard InChI is InChI=1S/C22H26N4O5S3/c1-3-8-24-10-25(11-34-22(24)32)17(13-4-6-14(27)7-5-13)18(28)23-15-19(29)26-16(21(30)31)12(2)9-33-20(15)26/h4-7,15,17,20,27H,3,8-11H2,1-2H3,(H,23,28)(H,30,31)/t15-,17+,20?/m1/s1. The van der Waals surface area contributed by atoms with Crippen LogP contribution in [0, 0.1) is 0 Å². The Kier molecular flexibility index (Phi) is 7.41. The van der Waals surface area contributed by atoms with Crippen molar-refractivity contribution in [2.24, 2.45) is 0 Å². The molecule has 1 aromatic rings. The molecule has 0 saturated carbocycles. The van der Waals surface area contributed by atoms with Gasteiger partial charge in [0.1, 0.15) is 33.2 Å². The van der Waals surface area contributed by atoms with E-state index in [1.54, 1.807) is 19.1 Å². The monoisotopic (exact) mass is 522 g/mol. The largest absolute Gasteiger partial charge is 0.508 e. The number of carboxylic acid groups (broad SMARTS) is 1. The van der Waals surface area contributed by atoms with Crippen molar-refractivity contribution < 1.29 is 24.6 Å². The lowest BCUT2D eigenvalue weighted by atomic mass is 10.0. The topological polar surface area (TPSA) is 113 Å². The molecule has 3 aliphatic heterocycles. The van der Waals surface area contributed by atoms with Crippen molar-refractivity contribution >= 4 is 57.8 Å². The molecule has 0 aromatic heterocycles. The van der Waals surface area contributed by atoms with Crippen LogP contribution in [0.25, 0.3) is 0 Å². The summed E-state index contributed by atoms with van der Waals surface area (Å²) in [6.07, 6.45) is 0.911. The van der Waals surface area contributed by atoms with Gasteiger partial charge in [-0.05, 0) is 36.6 Å². The molecule has 3 atom stereocenters. The maximum atomic E-state index is 13.6. The minimum Gasteiger partial charge on any atom is -0.508 e. The van der Waals surface area contributed by atoms with Gasteiger partial charge in [0.05, 0.1) is 12.5 Å². The van der Waals surface area contributed by atoms with E-state index in [9.17, 15) is 24.6 Å². The second kappa shape index (κ2) is 10.1. The summed E-state index contributed by atoms with van der Waals surface area (Å²) in [5.74, 6) is -0.829. The van der Waals surface area contributed by atoms with E-state index in [4.69, 9.17) is 12.2 Å². The van der Waals surface area contributed by atoms with Crippen molar-refractivity contribution in [1.29, 1.82) is 0 Å². The molecule has 3 N–H and O–H groups in total. The average molecular weight is 523 g/mol. The molecule has 2 amide bonds. The van der Waals surface area contributed by atoms with Gasteiger partial charge in [0.2, 0.25) is 5.91 Å². The van der Waals surface area contributed by atoms with Crippen LogP contribution in [0.4, 0.5) is 0 Å². The number of rotatable bonds is 7. The summed E-state index contributed by atoms with van der Waals surface area (Å²) in [6.45, 7) is 5.00. The number of amides is 2. The highest BCUT2D eigenvalue weighted by Gasteiger charge is 2.54. The van der Waals surface area contributed by atoms with E-state index < -0.39 is 29.3 Å². The van der Waals surface area contributed by atoms with Crippen LogP contribution in [0.1, 0.15) is 31.9 Å². The van der Waals surface area contributed by atoms with Crippen LogP contribution >= 0.6 is 35.7 Å². The Morgan fingerprint density at radius 1 is 1.29 bits per heavy atom. The molecule has 12 heteroatoms. The van der Waals surface area contributed by atoms with E-state index in [1.165, 1.54) is 40.6 Å². The normalized spacial score (nSPS) is 23.9. The van der Waals surface area contributed by atoms with E-state index in [0.717, 1.165) is 17.3 Å². The summed E-state index contributed by atoms with van der Waals surface area (Å²) < 4.78 is 0.787. The first-order valence-electron chi connectivity index (χ1n) is 10.9. The molecule has 3 aliphatic rings. The van der Waals surface area contributed by atoms with Crippen LogP contribution in [-0.2, 0) is 14.4 Å². The van der Waals surface area contributed by atoms with Crippen LogP contribution in [0.15, 0.2) is 35.5 Å². The number of hydrogen-bond acceptors (Lipinski definition) is 8. The number of aromatic hydroxyl groups is 1. The maximum absolute atomic E-state index is 13.6. The number of thiocarbonyl (C=S) groups is 1. The molecule has 3 heterocycles. The van der Waals surface area contributed by atoms with Crippen molar-refractivity contribution in [3.8, 4) is 5.75 Å². The van der Waals surface area contributed by atoms with E-state index in [1.807, 2.05) is 9.80 Å². The zero-order chi connectivity index (χ0) is 24.6. The highest BCUT2D eigenvalue weighted by molar-refractivity contribution is 8.22. The summed E-state index contributed by atoms with van der Waals surface area (Å²) in [4.78, 5) is 43.4. The molecule has 9 nitrogen and oxygen atoms in total. The van der Waals surface area contributed by atoms with Gasteiger partial charge in [0.15, 0.2) is 0 Å². The van der Waals surface area contributed by atoms with E-state index in [-0.39, 0.29) is 17.4 Å².